The maximum atomic E-state index is 13.1. The van der Waals surface area contributed by atoms with Gasteiger partial charge < -0.3 is 19.5 Å². The van der Waals surface area contributed by atoms with Gasteiger partial charge in [-0.15, -0.1) is 5.06 Å². The lowest BCUT2D eigenvalue weighted by molar-refractivity contribution is -0.154. The molecule has 3 aliphatic rings. The van der Waals surface area contributed by atoms with Crippen LogP contribution in [0.25, 0.3) is 0 Å². The Bertz CT molecular complexity index is 1160. The molecule has 0 unspecified atom stereocenters. The van der Waals surface area contributed by atoms with Crippen LogP contribution in [-0.2, 0) is 14.5 Å². The van der Waals surface area contributed by atoms with E-state index in [2.05, 4.69) is 20.4 Å². The van der Waals surface area contributed by atoms with Crippen LogP contribution >= 0.6 is 23.2 Å². The quantitative estimate of drug-likeness (QED) is 0.638. The summed E-state index contributed by atoms with van der Waals surface area (Å²) in [6, 6.07) is 10.5. The number of carbonyl (C=O) groups excluding carboxylic acids is 2. The highest BCUT2D eigenvalue weighted by Gasteiger charge is 2.45. The standard InChI is InChI=1S/C24H26Cl2N6O4/c25-17-3-1-4-18(15-17)28-23(34)35-32-9-6-24(7-10-32)16-20(29-36-24)22(33)31-13-11-30(12-14-31)21-19(26)5-2-8-27-21/h1-5,8,15H,6-7,9-14,16H2,(H,28,34). The minimum absolute atomic E-state index is 0.0989. The molecule has 2 saturated heterocycles. The van der Waals surface area contributed by atoms with Crippen molar-refractivity contribution in [3.63, 3.8) is 0 Å². The minimum atomic E-state index is -0.584. The van der Waals surface area contributed by atoms with Crippen molar-refractivity contribution in [2.45, 2.75) is 24.9 Å². The van der Waals surface area contributed by atoms with Gasteiger partial charge in [-0.1, -0.05) is 34.4 Å². The van der Waals surface area contributed by atoms with Crippen molar-refractivity contribution in [2.24, 2.45) is 5.16 Å². The van der Waals surface area contributed by atoms with Crippen LogP contribution < -0.4 is 10.2 Å². The number of amides is 2. The molecule has 1 aromatic carbocycles. The maximum absolute atomic E-state index is 13.1. The van der Waals surface area contributed by atoms with Crippen molar-refractivity contribution in [1.29, 1.82) is 0 Å². The van der Waals surface area contributed by atoms with Gasteiger partial charge in [0.1, 0.15) is 17.1 Å². The highest BCUT2D eigenvalue weighted by Crippen LogP contribution is 2.35. The van der Waals surface area contributed by atoms with E-state index in [9.17, 15) is 9.59 Å². The molecule has 1 N–H and O–H groups in total. The van der Waals surface area contributed by atoms with E-state index >= 15 is 0 Å². The van der Waals surface area contributed by atoms with Crippen LogP contribution in [0, 0.1) is 0 Å². The van der Waals surface area contributed by atoms with Crippen molar-refractivity contribution in [3.05, 3.63) is 52.6 Å². The first-order valence-electron chi connectivity index (χ1n) is 11.8. The minimum Gasteiger partial charge on any atom is -0.388 e. The first-order valence-corrected chi connectivity index (χ1v) is 12.6. The molecular weight excluding hydrogens is 507 g/mol. The van der Waals surface area contributed by atoms with Crippen molar-refractivity contribution >= 4 is 52.4 Å². The molecule has 36 heavy (non-hydrogen) atoms. The fourth-order valence-electron chi connectivity index (χ4n) is 4.63. The molecule has 0 radical (unpaired) electrons. The van der Waals surface area contributed by atoms with Crippen molar-refractivity contribution < 1.29 is 19.3 Å². The molecule has 0 bridgehead atoms. The van der Waals surface area contributed by atoms with E-state index in [0.717, 1.165) is 5.82 Å². The van der Waals surface area contributed by atoms with E-state index in [1.807, 2.05) is 6.07 Å². The maximum Gasteiger partial charge on any atom is 0.430 e. The monoisotopic (exact) mass is 532 g/mol. The van der Waals surface area contributed by atoms with E-state index in [-0.39, 0.29) is 5.91 Å². The summed E-state index contributed by atoms with van der Waals surface area (Å²) in [5.74, 6) is 0.639. The molecular formula is C24H26Cl2N6O4. The third kappa shape index (κ3) is 5.50. The Balaban J connectivity index is 1.08. The van der Waals surface area contributed by atoms with Gasteiger partial charge in [0.2, 0.25) is 0 Å². The molecule has 1 aromatic heterocycles. The van der Waals surface area contributed by atoms with Crippen LogP contribution in [0.3, 0.4) is 0 Å². The third-order valence-corrected chi connectivity index (χ3v) is 7.14. The van der Waals surface area contributed by atoms with Gasteiger partial charge in [0, 0.05) is 75.4 Å². The van der Waals surface area contributed by atoms with E-state index in [0.29, 0.717) is 80.0 Å². The number of anilines is 2. The molecule has 0 saturated carbocycles. The highest BCUT2D eigenvalue weighted by atomic mass is 35.5. The van der Waals surface area contributed by atoms with Gasteiger partial charge in [0.25, 0.3) is 5.91 Å². The Morgan fingerprint density at radius 1 is 1.03 bits per heavy atom. The summed E-state index contributed by atoms with van der Waals surface area (Å²) in [6.07, 6.45) is 2.75. The van der Waals surface area contributed by atoms with Gasteiger partial charge in [-0.3, -0.25) is 10.1 Å². The summed E-state index contributed by atoms with van der Waals surface area (Å²) in [5, 5.41) is 9.54. The largest absolute Gasteiger partial charge is 0.430 e. The number of nitrogens with one attached hydrogen (secondary N) is 1. The zero-order valence-electron chi connectivity index (χ0n) is 19.5. The number of rotatable bonds is 4. The summed E-state index contributed by atoms with van der Waals surface area (Å²) in [5.41, 5.74) is 0.449. The molecule has 1 spiro atoms. The second-order valence-corrected chi connectivity index (χ2v) is 9.86. The number of hydrogen-bond acceptors (Lipinski definition) is 8. The lowest BCUT2D eigenvalue weighted by atomic mass is 9.87. The SMILES string of the molecule is O=C(Nc1cccc(Cl)c1)ON1CCC2(CC1)CC(C(=O)N1CCN(c3ncccc3Cl)CC1)=NO2. The second-order valence-electron chi connectivity index (χ2n) is 9.02. The molecule has 3 aliphatic heterocycles. The molecule has 12 heteroatoms. The number of pyridine rings is 1. The molecule has 10 nitrogen and oxygen atoms in total. The van der Waals surface area contributed by atoms with Gasteiger partial charge in [0.05, 0.1) is 5.02 Å². The Labute approximate surface area is 218 Å². The molecule has 2 aromatic rings. The van der Waals surface area contributed by atoms with E-state index in [1.54, 1.807) is 46.5 Å². The average molecular weight is 533 g/mol. The van der Waals surface area contributed by atoms with Crippen molar-refractivity contribution in [2.75, 3.05) is 49.5 Å². The number of piperazine rings is 1. The Kier molecular flexibility index (Phi) is 7.17. The van der Waals surface area contributed by atoms with Crippen LogP contribution in [0.5, 0.6) is 0 Å². The van der Waals surface area contributed by atoms with E-state index in [4.69, 9.17) is 32.9 Å². The Hall–Kier alpha value is -3.08. The van der Waals surface area contributed by atoms with Crippen LogP contribution in [0.15, 0.2) is 47.8 Å². The average Bonchev–Trinajstić information content (AvgIpc) is 3.29. The number of oxime groups is 1. The normalized spacial score (nSPS) is 19.6. The lowest BCUT2D eigenvalue weighted by Gasteiger charge is -2.36. The zero-order valence-corrected chi connectivity index (χ0v) is 21.0. The number of benzene rings is 1. The first-order chi connectivity index (χ1) is 17.4. The molecule has 190 valence electrons. The smallest absolute Gasteiger partial charge is 0.388 e. The number of hydroxylamine groups is 2. The number of halogens is 2. The number of piperidine rings is 1. The van der Waals surface area contributed by atoms with Crippen molar-refractivity contribution in [1.82, 2.24) is 14.9 Å². The van der Waals surface area contributed by atoms with Gasteiger partial charge in [-0.25, -0.2) is 9.78 Å². The number of carbonyl (C=O) groups is 2. The van der Waals surface area contributed by atoms with Crippen LogP contribution in [-0.4, -0.2) is 77.5 Å². The van der Waals surface area contributed by atoms with Crippen LogP contribution in [0.2, 0.25) is 10.0 Å². The number of nitrogens with zero attached hydrogens (tertiary/aromatic N) is 5. The van der Waals surface area contributed by atoms with Crippen LogP contribution in [0.1, 0.15) is 19.3 Å². The second kappa shape index (κ2) is 10.5. The van der Waals surface area contributed by atoms with Crippen LogP contribution in [0.4, 0.5) is 16.3 Å². The fraction of sp³-hybridized carbons (Fsp3) is 0.417. The molecule has 4 heterocycles. The summed E-state index contributed by atoms with van der Waals surface area (Å²) in [4.78, 5) is 44.8. The molecule has 2 fully saturated rings. The van der Waals surface area contributed by atoms with Crippen molar-refractivity contribution in [3.8, 4) is 0 Å². The first kappa shape index (κ1) is 24.6. The number of hydrogen-bond donors (Lipinski definition) is 1. The van der Waals surface area contributed by atoms with Gasteiger partial charge in [0.15, 0.2) is 0 Å². The summed E-state index contributed by atoms with van der Waals surface area (Å²) < 4.78 is 0. The Morgan fingerprint density at radius 3 is 2.53 bits per heavy atom. The molecule has 0 atom stereocenters. The highest BCUT2D eigenvalue weighted by molar-refractivity contribution is 6.39. The third-order valence-electron chi connectivity index (χ3n) is 6.61. The van der Waals surface area contributed by atoms with Gasteiger partial charge in [-0.05, 0) is 30.3 Å². The molecule has 2 amide bonds. The fourth-order valence-corrected chi connectivity index (χ4v) is 5.06. The molecule has 5 rings (SSSR count). The van der Waals surface area contributed by atoms with E-state index in [1.165, 1.54) is 0 Å². The van der Waals surface area contributed by atoms with Gasteiger partial charge >= 0.3 is 6.09 Å². The predicted octanol–water partition coefficient (Wildman–Crippen LogP) is 3.81. The van der Waals surface area contributed by atoms with E-state index < -0.39 is 11.7 Å². The van der Waals surface area contributed by atoms with Gasteiger partial charge in [-0.2, -0.15) is 0 Å². The summed E-state index contributed by atoms with van der Waals surface area (Å²) >= 11 is 12.2. The predicted molar refractivity (Wildman–Crippen MR) is 136 cm³/mol. The summed E-state index contributed by atoms with van der Waals surface area (Å²) in [6.45, 7) is 3.35. The number of aromatic nitrogens is 1. The Morgan fingerprint density at radius 2 is 1.81 bits per heavy atom. The topological polar surface area (TPSA) is 99.6 Å². The zero-order chi connectivity index (χ0) is 25.1. The molecule has 0 aliphatic carbocycles. The lowest BCUT2D eigenvalue weighted by Crippen LogP contribution is -2.51. The summed E-state index contributed by atoms with van der Waals surface area (Å²) in [7, 11) is 0.